The predicted molar refractivity (Wildman–Crippen MR) is 86.6 cm³/mol. The van der Waals surface area contributed by atoms with Crippen LogP contribution in [-0.4, -0.2) is 40.9 Å². The van der Waals surface area contributed by atoms with E-state index in [0.717, 1.165) is 22.6 Å². The van der Waals surface area contributed by atoms with Crippen LogP contribution in [0.4, 0.5) is 5.82 Å². The number of carbonyl (C=O) groups excluding carboxylic acids is 1. The number of aryl methyl sites for hydroxylation is 2. The Kier molecular flexibility index (Phi) is 4.74. The summed E-state index contributed by atoms with van der Waals surface area (Å²) in [6.07, 6.45) is 0. The van der Waals surface area contributed by atoms with Crippen LogP contribution in [0.5, 0.6) is 0 Å². The van der Waals surface area contributed by atoms with E-state index in [9.17, 15) is 4.79 Å². The fourth-order valence-corrected chi connectivity index (χ4v) is 3.27. The summed E-state index contributed by atoms with van der Waals surface area (Å²) in [6, 6.07) is 0. The van der Waals surface area contributed by atoms with E-state index in [1.807, 2.05) is 18.9 Å². The zero-order valence-electron chi connectivity index (χ0n) is 12.9. The van der Waals surface area contributed by atoms with E-state index in [0.29, 0.717) is 12.4 Å². The SMILES string of the molecule is CCNc1nc(CN(C)CC(N)=O)nc2sc(C)c(C)c12. The number of nitrogens with one attached hydrogen (secondary N) is 1. The molecule has 0 aliphatic rings. The number of anilines is 1. The minimum atomic E-state index is -0.353. The molecule has 0 spiro atoms. The Morgan fingerprint density at radius 3 is 2.71 bits per heavy atom. The average Bonchev–Trinajstić information content (AvgIpc) is 2.64. The lowest BCUT2D eigenvalue weighted by Crippen LogP contribution is -2.30. The van der Waals surface area contributed by atoms with Crippen molar-refractivity contribution in [2.45, 2.75) is 27.3 Å². The molecular formula is C14H21N5OS. The van der Waals surface area contributed by atoms with Crippen LogP contribution >= 0.6 is 11.3 Å². The van der Waals surface area contributed by atoms with Gasteiger partial charge in [0.2, 0.25) is 5.91 Å². The second-order valence-electron chi connectivity index (χ2n) is 5.12. The maximum atomic E-state index is 11.0. The van der Waals surface area contributed by atoms with Crippen molar-refractivity contribution in [2.24, 2.45) is 5.73 Å². The third-order valence-electron chi connectivity index (χ3n) is 3.26. The van der Waals surface area contributed by atoms with E-state index in [4.69, 9.17) is 5.73 Å². The van der Waals surface area contributed by atoms with Gasteiger partial charge < -0.3 is 11.1 Å². The molecule has 0 aromatic carbocycles. The Morgan fingerprint density at radius 2 is 2.10 bits per heavy atom. The summed E-state index contributed by atoms with van der Waals surface area (Å²) in [5.41, 5.74) is 6.43. The number of nitrogens with two attached hydrogens (primary N) is 1. The first-order valence-corrected chi connectivity index (χ1v) is 7.71. The van der Waals surface area contributed by atoms with Crippen LogP contribution < -0.4 is 11.1 Å². The van der Waals surface area contributed by atoms with Crippen LogP contribution in [0.2, 0.25) is 0 Å². The molecule has 0 saturated carbocycles. The highest BCUT2D eigenvalue weighted by atomic mass is 32.1. The summed E-state index contributed by atoms with van der Waals surface area (Å²) >= 11 is 1.67. The molecule has 114 valence electrons. The van der Waals surface area contributed by atoms with Crippen molar-refractivity contribution in [3.63, 3.8) is 0 Å². The Hall–Kier alpha value is -1.73. The van der Waals surface area contributed by atoms with Gasteiger partial charge in [-0.3, -0.25) is 9.69 Å². The maximum Gasteiger partial charge on any atom is 0.231 e. The Bertz CT molecular complexity index is 667. The number of nitrogens with zero attached hydrogens (tertiary/aromatic N) is 3. The number of hydrogen-bond donors (Lipinski definition) is 2. The van der Waals surface area contributed by atoms with E-state index in [1.54, 1.807) is 11.3 Å². The lowest BCUT2D eigenvalue weighted by molar-refractivity contribution is -0.118. The molecule has 0 atom stereocenters. The van der Waals surface area contributed by atoms with E-state index in [1.165, 1.54) is 10.4 Å². The number of primary amides is 1. The van der Waals surface area contributed by atoms with Gasteiger partial charge in [0.25, 0.3) is 0 Å². The van der Waals surface area contributed by atoms with Gasteiger partial charge in [0.15, 0.2) is 0 Å². The van der Waals surface area contributed by atoms with E-state index in [2.05, 4.69) is 29.1 Å². The van der Waals surface area contributed by atoms with Crippen molar-refractivity contribution in [2.75, 3.05) is 25.5 Å². The van der Waals surface area contributed by atoms with Crippen molar-refractivity contribution in [3.05, 3.63) is 16.3 Å². The molecule has 21 heavy (non-hydrogen) atoms. The molecular weight excluding hydrogens is 286 g/mol. The zero-order chi connectivity index (χ0) is 15.6. The molecule has 0 unspecified atom stereocenters. The first-order chi connectivity index (χ1) is 9.92. The molecule has 1 amide bonds. The molecule has 3 N–H and O–H groups in total. The molecule has 2 heterocycles. The molecule has 6 nitrogen and oxygen atoms in total. The summed E-state index contributed by atoms with van der Waals surface area (Å²) in [4.78, 5) is 24.2. The first-order valence-electron chi connectivity index (χ1n) is 6.89. The summed E-state index contributed by atoms with van der Waals surface area (Å²) < 4.78 is 0. The van der Waals surface area contributed by atoms with Crippen LogP contribution in [0.1, 0.15) is 23.2 Å². The number of thiophene rings is 1. The van der Waals surface area contributed by atoms with Crippen molar-refractivity contribution < 1.29 is 4.79 Å². The Morgan fingerprint density at radius 1 is 1.38 bits per heavy atom. The standard InChI is InChI=1S/C14H21N5OS/c1-5-16-13-12-8(2)9(3)21-14(12)18-11(17-13)7-19(4)6-10(15)20/h5-7H2,1-4H3,(H2,15,20)(H,16,17,18). The number of hydrogen-bond acceptors (Lipinski definition) is 6. The molecule has 0 saturated heterocycles. The predicted octanol–water partition coefficient (Wildman–Crippen LogP) is 1.66. The summed E-state index contributed by atoms with van der Waals surface area (Å²) in [6.45, 7) is 7.72. The Labute approximate surface area is 128 Å². The number of aromatic nitrogens is 2. The van der Waals surface area contributed by atoms with Gasteiger partial charge in [-0.1, -0.05) is 0 Å². The molecule has 2 rings (SSSR count). The monoisotopic (exact) mass is 307 g/mol. The van der Waals surface area contributed by atoms with Gasteiger partial charge in [0, 0.05) is 11.4 Å². The number of amides is 1. The third kappa shape index (κ3) is 3.48. The van der Waals surface area contributed by atoms with Crippen LogP contribution in [0.15, 0.2) is 0 Å². The van der Waals surface area contributed by atoms with Gasteiger partial charge in [-0.25, -0.2) is 9.97 Å². The van der Waals surface area contributed by atoms with Gasteiger partial charge in [-0.05, 0) is 33.4 Å². The highest BCUT2D eigenvalue weighted by Gasteiger charge is 2.15. The van der Waals surface area contributed by atoms with Gasteiger partial charge in [0.1, 0.15) is 16.5 Å². The fraction of sp³-hybridized carbons (Fsp3) is 0.500. The molecule has 7 heteroatoms. The van der Waals surface area contributed by atoms with Gasteiger partial charge >= 0.3 is 0 Å². The van der Waals surface area contributed by atoms with Crippen molar-refractivity contribution in [1.82, 2.24) is 14.9 Å². The van der Waals surface area contributed by atoms with E-state index in [-0.39, 0.29) is 12.5 Å². The normalized spacial score (nSPS) is 11.3. The van der Waals surface area contributed by atoms with Crippen molar-refractivity contribution >= 4 is 33.3 Å². The number of rotatable bonds is 6. The fourth-order valence-electron chi connectivity index (χ4n) is 2.22. The topological polar surface area (TPSA) is 84.1 Å². The van der Waals surface area contributed by atoms with Crippen LogP contribution in [0.25, 0.3) is 10.2 Å². The number of likely N-dealkylation sites (N-methyl/N-ethyl adjacent to an activating group) is 1. The zero-order valence-corrected chi connectivity index (χ0v) is 13.7. The summed E-state index contributed by atoms with van der Waals surface area (Å²) in [7, 11) is 1.83. The summed E-state index contributed by atoms with van der Waals surface area (Å²) in [5, 5.41) is 4.40. The molecule has 0 aliphatic heterocycles. The maximum absolute atomic E-state index is 11.0. The first kappa shape index (κ1) is 15.7. The minimum absolute atomic E-state index is 0.195. The van der Waals surface area contributed by atoms with Crippen molar-refractivity contribution in [1.29, 1.82) is 0 Å². The van der Waals surface area contributed by atoms with Crippen LogP contribution in [-0.2, 0) is 11.3 Å². The van der Waals surface area contributed by atoms with Crippen LogP contribution in [0.3, 0.4) is 0 Å². The van der Waals surface area contributed by atoms with E-state index >= 15 is 0 Å². The van der Waals surface area contributed by atoms with Gasteiger partial charge in [-0.2, -0.15) is 0 Å². The quantitative estimate of drug-likeness (QED) is 0.848. The smallest absolute Gasteiger partial charge is 0.231 e. The summed E-state index contributed by atoms with van der Waals surface area (Å²) in [5.74, 6) is 1.21. The molecule has 2 aromatic heterocycles. The number of fused-ring (bicyclic) bond motifs is 1. The Balaban J connectivity index is 2.39. The number of carbonyl (C=O) groups is 1. The van der Waals surface area contributed by atoms with Gasteiger partial charge in [-0.15, -0.1) is 11.3 Å². The molecule has 2 aromatic rings. The van der Waals surface area contributed by atoms with Gasteiger partial charge in [0.05, 0.1) is 18.5 Å². The molecule has 0 fully saturated rings. The highest BCUT2D eigenvalue weighted by molar-refractivity contribution is 7.18. The molecule has 0 bridgehead atoms. The van der Waals surface area contributed by atoms with Crippen molar-refractivity contribution in [3.8, 4) is 0 Å². The lowest BCUT2D eigenvalue weighted by Gasteiger charge is -2.14. The second-order valence-corrected chi connectivity index (χ2v) is 6.32. The largest absolute Gasteiger partial charge is 0.370 e. The average molecular weight is 307 g/mol. The van der Waals surface area contributed by atoms with E-state index < -0.39 is 0 Å². The third-order valence-corrected chi connectivity index (χ3v) is 4.36. The molecule has 0 aliphatic carbocycles. The van der Waals surface area contributed by atoms with Crippen LogP contribution in [0, 0.1) is 13.8 Å². The minimum Gasteiger partial charge on any atom is -0.370 e. The second kappa shape index (κ2) is 6.36. The lowest BCUT2D eigenvalue weighted by atomic mass is 10.2. The molecule has 0 radical (unpaired) electrons. The highest BCUT2D eigenvalue weighted by Crippen LogP contribution is 2.33.